The van der Waals surface area contributed by atoms with Crippen LogP contribution in [0.1, 0.15) is 15.9 Å². The van der Waals surface area contributed by atoms with E-state index in [-0.39, 0.29) is 10.5 Å². The van der Waals surface area contributed by atoms with Gasteiger partial charge in [0.15, 0.2) is 0 Å². The molecule has 2 aromatic carbocycles. The molecule has 0 aliphatic heterocycles. The van der Waals surface area contributed by atoms with Crippen molar-refractivity contribution in [2.45, 2.75) is 4.90 Å². The standard InChI is InChI=1S/C14H12N2O4S/c17-14(18)12-8-6-11(7-9-12)10-15-16-21(19,20)13-4-2-1-3-5-13/h1-10,16H,(H,17,18)/b15-10-. The number of hydrogen-bond donors (Lipinski definition) is 2. The van der Waals surface area contributed by atoms with Crippen molar-refractivity contribution in [3.05, 3.63) is 65.7 Å². The van der Waals surface area contributed by atoms with E-state index in [1.807, 2.05) is 0 Å². The molecule has 0 radical (unpaired) electrons. The van der Waals surface area contributed by atoms with Gasteiger partial charge in [-0.1, -0.05) is 30.3 Å². The lowest BCUT2D eigenvalue weighted by Crippen LogP contribution is -2.18. The number of nitrogens with zero attached hydrogens (tertiary/aromatic N) is 1. The lowest BCUT2D eigenvalue weighted by atomic mass is 10.1. The number of rotatable bonds is 5. The maximum absolute atomic E-state index is 11.9. The van der Waals surface area contributed by atoms with Gasteiger partial charge in [-0.2, -0.15) is 13.5 Å². The van der Waals surface area contributed by atoms with Crippen LogP contribution in [0.25, 0.3) is 0 Å². The summed E-state index contributed by atoms with van der Waals surface area (Å²) in [6.07, 6.45) is 1.30. The maximum atomic E-state index is 11.9. The van der Waals surface area contributed by atoms with Crippen LogP contribution < -0.4 is 4.83 Å². The van der Waals surface area contributed by atoms with Crippen LogP contribution >= 0.6 is 0 Å². The number of carbonyl (C=O) groups is 1. The van der Waals surface area contributed by atoms with Crippen molar-refractivity contribution >= 4 is 22.2 Å². The van der Waals surface area contributed by atoms with Crippen molar-refractivity contribution in [1.82, 2.24) is 4.83 Å². The Labute approximate surface area is 121 Å². The van der Waals surface area contributed by atoms with Gasteiger partial charge >= 0.3 is 5.97 Å². The number of benzene rings is 2. The molecule has 0 atom stereocenters. The number of sulfonamides is 1. The molecule has 0 fully saturated rings. The number of carboxylic acids is 1. The molecular weight excluding hydrogens is 292 g/mol. The monoisotopic (exact) mass is 304 g/mol. The Morgan fingerprint density at radius 2 is 1.67 bits per heavy atom. The summed E-state index contributed by atoms with van der Waals surface area (Å²) in [5, 5.41) is 12.4. The Kier molecular flexibility index (Phi) is 4.34. The van der Waals surface area contributed by atoms with E-state index in [2.05, 4.69) is 9.93 Å². The second kappa shape index (κ2) is 6.19. The van der Waals surface area contributed by atoms with Gasteiger partial charge in [-0.15, -0.1) is 0 Å². The summed E-state index contributed by atoms with van der Waals surface area (Å²) in [4.78, 5) is 12.9. The third kappa shape index (κ3) is 3.90. The molecule has 0 amide bonds. The first-order chi connectivity index (χ1) is 9.99. The highest BCUT2D eigenvalue weighted by Crippen LogP contribution is 2.07. The van der Waals surface area contributed by atoms with Gasteiger partial charge in [0.25, 0.3) is 10.0 Å². The zero-order chi connectivity index (χ0) is 15.3. The van der Waals surface area contributed by atoms with Gasteiger partial charge in [0.05, 0.1) is 16.7 Å². The summed E-state index contributed by atoms with van der Waals surface area (Å²) < 4.78 is 23.7. The van der Waals surface area contributed by atoms with E-state index in [9.17, 15) is 13.2 Å². The van der Waals surface area contributed by atoms with Gasteiger partial charge in [0.1, 0.15) is 0 Å². The van der Waals surface area contributed by atoms with Crippen LogP contribution in [0, 0.1) is 0 Å². The quantitative estimate of drug-likeness (QED) is 0.649. The van der Waals surface area contributed by atoms with Gasteiger partial charge in [-0.05, 0) is 29.8 Å². The SMILES string of the molecule is O=C(O)c1ccc(/C=N\NS(=O)(=O)c2ccccc2)cc1. The fraction of sp³-hybridized carbons (Fsp3) is 0. The molecule has 21 heavy (non-hydrogen) atoms. The second-order valence-electron chi connectivity index (χ2n) is 4.09. The van der Waals surface area contributed by atoms with Crippen LogP contribution in [0.2, 0.25) is 0 Å². The topological polar surface area (TPSA) is 95.8 Å². The number of aromatic carboxylic acids is 1. The molecule has 108 valence electrons. The molecule has 0 aliphatic rings. The van der Waals surface area contributed by atoms with Gasteiger partial charge in [-0.25, -0.2) is 9.63 Å². The molecule has 0 unspecified atom stereocenters. The van der Waals surface area contributed by atoms with Crippen molar-refractivity contribution < 1.29 is 18.3 Å². The molecule has 0 bridgehead atoms. The molecule has 0 saturated carbocycles. The van der Waals surface area contributed by atoms with Gasteiger partial charge in [0.2, 0.25) is 0 Å². The molecule has 0 saturated heterocycles. The lowest BCUT2D eigenvalue weighted by Gasteiger charge is -2.02. The van der Waals surface area contributed by atoms with Crippen LogP contribution in [0.5, 0.6) is 0 Å². The minimum absolute atomic E-state index is 0.114. The third-order valence-electron chi connectivity index (χ3n) is 2.60. The fourth-order valence-electron chi connectivity index (χ4n) is 1.53. The fourth-order valence-corrected chi connectivity index (χ4v) is 2.35. The normalized spacial score (nSPS) is 11.4. The van der Waals surface area contributed by atoms with Crippen molar-refractivity contribution in [1.29, 1.82) is 0 Å². The Morgan fingerprint density at radius 3 is 2.24 bits per heavy atom. The Bertz CT molecular complexity index is 753. The highest BCUT2D eigenvalue weighted by Gasteiger charge is 2.10. The molecule has 0 heterocycles. The number of nitrogens with one attached hydrogen (secondary N) is 1. The summed E-state index contributed by atoms with van der Waals surface area (Å²) in [6.45, 7) is 0. The van der Waals surface area contributed by atoms with Crippen LogP contribution in [0.3, 0.4) is 0 Å². The molecule has 7 heteroatoms. The predicted octanol–water partition coefficient (Wildman–Crippen LogP) is 1.70. The van der Waals surface area contributed by atoms with Gasteiger partial charge < -0.3 is 5.11 Å². The Hall–Kier alpha value is -2.67. The summed E-state index contributed by atoms with van der Waals surface area (Å²) >= 11 is 0. The average Bonchev–Trinajstić information content (AvgIpc) is 2.48. The summed E-state index contributed by atoms with van der Waals surface area (Å²) in [7, 11) is -3.69. The van der Waals surface area contributed by atoms with Crippen molar-refractivity contribution in [3.8, 4) is 0 Å². The zero-order valence-electron chi connectivity index (χ0n) is 10.8. The van der Waals surface area contributed by atoms with E-state index in [0.29, 0.717) is 5.56 Å². The minimum atomic E-state index is -3.69. The van der Waals surface area contributed by atoms with E-state index in [0.717, 1.165) is 0 Å². The smallest absolute Gasteiger partial charge is 0.335 e. The first-order valence-electron chi connectivity index (χ1n) is 5.92. The minimum Gasteiger partial charge on any atom is -0.478 e. The summed E-state index contributed by atoms with van der Waals surface area (Å²) in [6, 6.07) is 13.7. The summed E-state index contributed by atoms with van der Waals surface area (Å²) in [5.41, 5.74) is 0.729. The van der Waals surface area contributed by atoms with Crippen molar-refractivity contribution in [2.24, 2.45) is 5.10 Å². The number of carboxylic acid groups (broad SMARTS) is 1. The molecular formula is C14H12N2O4S. The molecule has 0 aliphatic carbocycles. The average molecular weight is 304 g/mol. The van der Waals surface area contributed by atoms with E-state index < -0.39 is 16.0 Å². The molecule has 0 aromatic heterocycles. The van der Waals surface area contributed by atoms with Gasteiger partial charge in [0, 0.05) is 0 Å². The van der Waals surface area contributed by atoms with E-state index in [4.69, 9.17) is 5.11 Å². The molecule has 0 spiro atoms. The van der Waals surface area contributed by atoms with Gasteiger partial charge in [-0.3, -0.25) is 0 Å². The molecule has 6 nitrogen and oxygen atoms in total. The Balaban J connectivity index is 2.07. The van der Waals surface area contributed by atoms with E-state index in [1.165, 1.54) is 42.6 Å². The highest BCUT2D eigenvalue weighted by molar-refractivity contribution is 7.89. The number of hydrazone groups is 1. The number of hydrogen-bond acceptors (Lipinski definition) is 4. The third-order valence-corrected chi connectivity index (χ3v) is 3.84. The largest absolute Gasteiger partial charge is 0.478 e. The van der Waals surface area contributed by atoms with E-state index in [1.54, 1.807) is 18.2 Å². The van der Waals surface area contributed by atoms with Crippen molar-refractivity contribution in [3.63, 3.8) is 0 Å². The zero-order valence-corrected chi connectivity index (χ0v) is 11.6. The maximum Gasteiger partial charge on any atom is 0.335 e. The first-order valence-corrected chi connectivity index (χ1v) is 7.41. The predicted molar refractivity (Wildman–Crippen MR) is 77.8 cm³/mol. The van der Waals surface area contributed by atoms with E-state index >= 15 is 0 Å². The highest BCUT2D eigenvalue weighted by atomic mass is 32.2. The van der Waals surface area contributed by atoms with Crippen LogP contribution in [0.15, 0.2) is 64.6 Å². The molecule has 2 aromatic rings. The van der Waals surface area contributed by atoms with Crippen LogP contribution in [0.4, 0.5) is 0 Å². The molecule has 2 N–H and O–H groups in total. The lowest BCUT2D eigenvalue weighted by molar-refractivity contribution is 0.0697. The first kappa shape index (κ1) is 14.7. The van der Waals surface area contributed by atoms with Crippen molar-refractivity contribution in [2.75, 3.05) is 0 Å². The van der Waals surface area contributed by atoms with Crippen LogP contribution in [-0.2, 0) is 10.0 Å². The van der Waals surface area contributed by atoms with Crippen LogP contribution in [-0.4, -0.2) is 25.7 Å². The Morgan fingerprint density at radius 1 is 1.05 bits per heavy atom. The molecule has 2 rings (SSSR count). The second-order valence-corrected chi connectivity index (χ2v) is 5.75. The summed E-state index contributed by atoms with van der Waals surface area (Å²) in [5.74, 6) is -1.02.